The fraction of sp³-hybridized carbons (Fsp3) is 0.138. The van der Waals surface area contributed by atoms with Crippen LogP contribution in [-0.2, 0) is 4.79 Å². The van der Waals surface area contributed by atoms with Gasteiger partial charge in [-0.15, -0.1) is 21.5 Å². The van der Waals surface area contributed by atoms with Crippen molar-refractivity contribution in [2.24, 2.45) is 0 Å². The van der Waals surface area contributed by atoms with Gasteiger partial charge in [-0.2, -0.15) is 0 Å². The SMILES string of the molecule is CC(C)N(c1ccccc1)c1ccc(NC(=O)CSc2nnc(-c3cccs3)n2-c2ccccc2)cc1. The van der Waals surface area contributed by atoms with E-state index in [2.05, 4.69) is 46.4 Å². The van der Waals surface area contributed by atoms with Gasteiger partial charge in [-0.25, -0.2) is 0 Å². The van der Waals surface area contributed by atoms with Gasteiger partial charge in [-0.05, 0) is 73.8 Å². The summed E-state index contributed by atoms with van der Waals surface area (Å²) < 4.78 is 2.00. The van der Waals surface area contributed by atoms with Crippen LogP contribution in [0.1, 0.15) is 13.8 Å². The first-order valence-electron chi connectivity index (χ1n) is 12.0. The maximum absolute atomic E-state index is 12.8. The van der Waals surface area contributed by atoms with Crippen molar-refractivity contribution in [3.8, 4) is 16.4 Å². The summed E-state index contributed by atoms with van der Waals surface area (Å²) in [5.74, 6) is 0.897. The molecule has 0 radical (unpaired) electrons. The molecule has 6 nitrogen and oxygen atoms in total. The molecule has 0 aliphatic carbocycles. The van der Waals surface area contributed by atoms with Crippen LogP contribution in [0.3, 0.4) is 0 Å². The Labute approximate surface area is 225 Å². The molecule has 1 amide bonds. The monoisotopic (exact) mass is 525 g/mol. The van der Waals surface area contributed by atoms with Crippen molar-refractivity contribution in [2.75, 3.05) is 16.0 Å². The third-order valence-electron chi connectivity index (χ3n) is 5.70. The van der Waals surface area contributed by atoms with Crippen molar-refractivity contribution in [1.82, 2.24) is 14.8 Å². The van der Waals surface area contributed by atoms with Gasteiger partial charge < -0.3 is 10.2 Å². The Balaban J connectivity index is 1.28. The van der Waals surface area contributed by atoms with Gasteiger partial charge in [0.2, 0.25) is 5.91 Å². The molecule has 186 valence electrons. The first kappa shape index (κ1) is 24.8. The van der Waals surface area contributed by atoms with E-state index in [0.29, 0.717) is 11.2 Å². The number of anilines is 3. The second kappa shape index (κ2) is 11.5. The second-order valence-electron chi connectivity index (χ2n) is 8.64. The molecule has 0 saturated heterocycles. The summed E-state index contributed by atoms with van der Waals surface area (Å²) in [6.45, 7) is 4.33. The van der Waals surface area contributed by atoms with Crippen LogP contribution in [0, 0.1) is 0 Å². The Bertz CT molecular complexity index is 1430. The maximum atomic E-state index is 12.8. The second-order valence-corrected chi connectivity index (χ2v) is 10.5. The first-order chi connectivity index (χ1) is 18.1. The molecule has 0 bridgehead atoms. The van der Waals surface area contributed by atoms with Crippen molar-refractivity contribution < 1.29 is 4.79 Å². The molecule has 0 unspecified atom stereocenters. The van der Waals surface area contributed by atoms with Gasteiger partial charge in [0, 0.05) is 28.8 Å². The van der Waals surface area contributed by atoms with E-state index in [1.807, 2.05) is 94.9 Å². The number of amides is 1. The number of benzene rings is 3. The Morgan fingerprint density at radius 3 is 2.22 bits per heavy atom. The standard InChI is InChI=1S/C29H27N5OS2/c1-21(2)33(23-10-5-3-6-11-23)25-17-15-22(16-18-25)30-27(35)20-37-29-32-31-28(26-14-9-19-36-26)34(29)24-12-7-4-8-13-24/h3-19,21H,20H2,1-2H3,(H,30,35). The number of carbonyl (C=O) groups is 1. The van der Waals surface area contributed by atoms with Crippen LogP contribution >= 0.6 is 23.1 Å². The summed E-state index contributed by atoms with van der Waals surface area (Å²) in [6, 6.07) is 32.5. The average Bonchev–Trinajstić information content (AvgIpc) is 3.60. The maximum Gasteiger partial charge on any atom is 0.234 e. The number of thioether (sulfide) groups is 1. The number of nitrogens with zero attached hydrogens (tertiary/aromatic N) is 4. The van der Waals surface area contributed by atoms with Gasteiger partial charge in [0.15, 0.2) is 11.0 Å². The number of hydrogen-bond donors (Lipinski definition) is 1. The summed E-state index contributed by atoms with van der Waals surface area (Å²) in [6.07, 6.45) is 0. The van der Waals surface area contributed by atoms with Crippen molar-refractivity contribution in [3.05, 3.63) is 102 Å². The molecular formula is C29H27N5OS2. The average molecular weight is 526 g/mol. The van der Waals surface area contributed by atoms with Crippen LogP contribution in [-0.4, -0.2) is 32.5 Å². The zero-order valence-corrected chi connectivity index (χ0v) is 22.2. The summed E-state index contributed by atoms with van der Waals surface area (Å²) >= 11 is 2.98. The van der Waals surface area contributed by atoms with E-state index in [0.717, 1.165) is 33.5 Å². The van der Waals surface area contributed by atoms with Gasteiger partial charge in [0.1, 0.15) is 0 Å². The van der Waals surface area contributed by atoms with Gasteiger partial charge in [-0.3, -0.25) is 9.36 Å². The van der Waals surface area contributed by atoms with Crippen LogP contribution in [0.2, 0.25) is 0 Å². The van der Waals surface area contributed by atoms with Gasteiger partial charge in [0.05, 0.1) is 10.6 Å². The summed E-state index contributed by atoms with van der Waals surface area (Å²) in [4.78, 5) is 16.1. The third kappa shape index (κ3) is 5.76. The van der Waals surface area contributed by atoms with Crippen LogP contribution < -0.4 is 10.2 Å². The van der Waals surface area contributed by atoms with Crippen molar-refractivity contribution in [2.45, 2.75) is 25.0 Å². The number of nitrogens with one attached hydrogen (secondary N) is 1. The lowest BCUT2D eigenvalue weighted by Crippen LogP contribution is -2.25. The highest BCUT2D eigenvalue weighted by Crippen LogP contribution is 2.31. The van der Waals surface area contributed by atoms with Gasteiger partial charge >= 0.3 is 0 Å². The summed E-state index contributed by atoms with van der Waals surface area (Å²) in [5.41, 5.74) is 3.93. The Morgan fingerprint density at radius 2 is 1.57 bits per heavy atom. The van der Waals surface area contributed by atoms with Crippen molar-refractivity contribution in [1.29, 1.82) is 0 Å². The Kier molecular flexibility index (Phi) is 7.67. The fourth-order valence-electron chi connectivity index (χ4n) is 4.11. The quantitative estimate of drug-likeness (QED) is 0.205. The van der Waals surface area contributed by atoms with E-state index in [1.165, 1.54) is 11.8 Å². The number of aromatic nitrogens is 3. The number of carbonyl (C=O) groups excluding carboxylic acids is 1. The number of thiophene rings is 1. The lowest BCUT2D eigenvalue weighted by molar-refractivity contribution is -0.113. The lowest BCUT2D eigenvalue weighted by atomic mass is 10.2. The van der Waals surface area contributed by atoms with Gasteiger partial charge in [0.25, 0.3) is 0 Å². The molecule has 0 spiro atoms. The Morgan fingerprint density at radius 1 is 0.892 bits per heavy atom. The van der Waals surface area contributed by atoms with E-state index < -0.39 is 0 Å². The molecule has 2 aromatic heterocycles. The van der Waals surface area contributed by atoms with Crippen LogP contribution in [0.25, 0.3) is 16.4 Å². The molecule has 0 fully saturated rings. The van der Waals surface area contributed by atoms with E-state index in [1.54, 1.807) is 11.3 Å². The molecular weight excluding hydrogens is 498 g/mol. The molecule has 0 aliphatic heterocycles. The van der Waals surface area contributed by atoms with E-state index >= 15 is 0 Å². The minimum atomic E-state index is -0.0955. The summed E-state index contributed by atoms with van der Waals surface area (Å²) in [7, 11) is 0. The topological polar surface area (TPSA) is 63.1 Å². The highest BCUT2D eigenvalue weighted by Gasteiger charge is 2.18. The molecule has 0 atom stereocenters. The molecule has 37 heavy (non-hydrogen) atoms. The van der Waals surface area contributed by atoms with E-state index in [-0.39, 0.29) is 11.7 Å². The largest absolute Gasteiger partial charge is 0.339 e. The number of rotatable bonds is 9. The summed E-state index contributed by atoms with van der Waals surface area (Å²) in [5, 5.41) is 14.5. The zero-order chi connectivity index (χ0) is 25.6. The normalized spacial score (nSPS) is 11.0. The van der Waals surface area contributed by atoms with Crippen LogP contribution in [0.15, 0.2) is 108 Å². The minimum absolute atomic E-state index is 0.0955. The van der Waals surface area contributed by atoms with E-state index in [4.69, 9.17) is 0 Å². The molecule has 3 aromatic carbocycles. The highest BCUT2D eigenvalue weighted by atomic mass is 32.2. The van der Waals surface area contributed by atoms with E-state index in [9.17, 15) is 4.79 Å². The lowest BCUT2D eigenvalue weighted by Gasteiger charge is -2.29. The van der Waals surface area contributed by atoms with Crippen LogP contribution in [0.5, 0.6) is 0 Å². The van der Waals surface area contributed by atoms with Crippen molar-refractivity contribution in [3.63, 3.8) is 0 Å². The fourth-order valence-corrected chi connectivity index (χ4v) is 5.56. The van der Waals surface area contributed by atoms with Crippen molar-refractivity contribution >= 4 is 46.1 Å². The molecule has 8 heteroatoms. The minimum Gasteiger partial charge on any atom is -0.339 e. The molecule has 5 aromatic rings. The molecule has 0 aliphatic rings. The van der Waals surface area contributed by atoms with Crippen LogP contribution in [0.4, 0.5) is 17.1 Å². The number of para-hydroxylation sites is 2. The Hall–Kier alpha value is -3.88. The molecule has 5 rings (SSSR count). The van der Waals surface area contributed by atoms with Gasteiger partial charge in [-0.1, -0.05) is 54.2 Å². The predicted molar refractivity (Wildman–Crippen MR) is 154 cm³/mol. The molecule has 2 heterocycles. The molecule has 0 saturated carbocycles. The third-order valence-corrected chi connectivity index (χ3v) is 7.50. The number of hydrogen-bond acceptors (Lipinski definition) is 6. The highest BCUT2D eigenvalue weighted by molar-refractivity contribution is 7.99. The predicted octanol–water partition coefficient (Wildman–Crippen LogP) is 7.27. The smallest absolute Gasteiger partial charge is 0.234 e. The first-order valence-corrected chi connectivity index (χ1v) is 13.9. The molecule has 1 N–H and O–H groups in total. The zero-order valence-electron chi connectivity index (χ0n) is 20.6.